The summed E-state index contributed by atoms with van der Waals surface area (Å²) in [6, 6.07) is 20.3. The van der Waals surface area contributed by atoms with E-state index in [0.29, 0.717) is 6.61 Å². The van der Waals surface area contributed by atoms with E-state index in [1.54, 1.807) is 0 Å². The van der Waals surface area contributed by atoms with Gasteiger partial charge in [-0.15, -0.1) is 0 Å². The van der Waals surface area contributed by atoms with E-state index < -0.39 is 0 Å². The Bertz CT molecular complexity index is 558. The molecule has 2 heteroatoms. The maximum Gasteiger partial charge on any atom is 0.119 e. The number of hydrogen-bond acceptors (Lipinski definition) is 2. The Morgan fingerprint density at radius 3 is 2.00 bits per heavy atom. The minimum Gasteiger partial charge on any atom is -0.489 e. The van der Waals surface area contributed by atoms with E-state index in [1.165, 1.54) is 16.8 Å². The normalized spacial score (nSPS) is 11.8. The molecule has 0 amide bonds. The van der Waals surface area contributed by atoms with Gasteiger partial charge in [-0.25, -0.2) is 0 Å². The molecule has 0 fully saturated rings. The lowest BCUT2D eigenvalue weighted by Crippen LogP contribution is -2.14. The molecular weight excluding hydrogens is 246 g/mol. The smallest absolute Gasteiger partial charge is 0.119 e. The van der Waals surface area contributed by atoms with Crippen molar-refractivity contribution in [3.05, 3.63) is 71.8 Å². The number of rotatable bonds is 5. The molecule has 0 N–H and O–H groups in total. The fourth-order valence-electron chi connectivity index (χ4n) is 2.26. The van der Waals surface area contributed by atoms with E-state index in [9.17, 15) is 0 Å². The third-order valence-electron chi connectivity index (χ3n) is 3.10. The molecule has 2 nitrogen and oxygen atoms in total. The van der Waals surface area contributed by atoms with Gasteiger partial charge in [-0.3, -0.25) is 0 Å². The van der Waals surface area contributed by atoms with Crippen LogP contribution in [0.4, 0.5) is 0 Å². The number of para-hydroxylation sites is 1. The van der Waals surface area contributed by atoms with Gasteiger partial charge in [0, 0.05) is 19.8 Å². The molecule has 0 saturated carbocycles. The van der Waals surface area contributed by atoms with E-state index in [4.69, 9.17) is 4.74 Å². The maximum absolute atomic E-state index is 5.84. The van der Waals surface area contributed by atoms with Gasteiger partial charge in [0.05, 0.1) is 0 Å². The number of benzene rings is 2. The van der Waals surface area contributed by atoms with Crippen LogP contribution in [0.1, 0.15) is 12.5 Å². The molecule has 104 valence electrons. The Labute approximate surface area is 121 Å². The molecule has 0 atom stereocenters. The molecule has 2 aromatic rings. The highest BCUT2D eigenvalue weighted by molar-refractivity contribution is 5.66. The third-order valence-corrected chi connectivity index (χ3v) is 3.10. The second kappa shape index (κ2) is 6.80. The Hall–Kier alpha value is -2.22. The first kappa shape index (κ1) is 14.2. The summed E-state index contributed by atoms with van der Waals surface area (Å²) in [6.45, 7) is 2.71. The Morgan fingerprint density at radius 2 is 1.45 bits per heavy atom. The number of hydrogen-bond donors (Lipinski definition) is 0. The second-order valence-electron chi connectivity index (χ2n) is 4.99. The monoisotopic (exact) mass is 267 g/mol. The van der Waals surface area contributed by atoms with Crippen molar-refractivity contribution in [1.82, 2.24) is 4.90 Å². The predicted molar refractivity (Wildman–Crippen MR) is 84.7 cm³/mol. The SMILES string of the molecule is CC(COc1ccccc1)=C(c1ccccc1)N(C)C. The highest BCUT2D eigenvalue weighted by Gasteiger charge is 2.08. The fourth-order valence-corrected chi connectivity index (χ4v) is 2.26. The maximum atomic E-state index is 5.84. The number of nitrogens with zero attached hydrogens (tertiary/aromatic N) is 1. The van der Waals surface area contributed by atoms with Crippen molar-refractivity contribution in [3.63, 3.8) is 0 Å². The fraction of sp³-hybridized carbons (Fsp3) is 0.222. The van der Waals surface area contributed by atoms with Crippen LogP contribution in [0.3, 0.4) is 0 Å². The van der Waals surface area contributed by atoms with Gasteiger partial charge in [-0.2, -0.15) is 0 Å². The van der Waals surface area contributed by atoms with Gasteiger partial charge in [-0.1, -0.05) is 48.5 Å². The van der Waals surface area contributed by atoms with Gasteiger partial charge in [0.15, 0.2) is 0 Å². The highest BCUT2D eigenvalue weighted by Crippen LogP contribution is 2.21. The molecule has 20 heavy (non-hydrogen) atoms. The summed E-state index contributed by atoms with van der Waals surface area (Å²) in [5.41, 5.74) is 3.64. The van der Waals surface area contributed by atoms with Crippen molar-refractivity contribution >= 4 is 5.70 Å². The van der Waals surface area contributed by atoms with Gasteiger partial charge >= 0.3 is 0 Å². The van der Waals surface area contributed by atoms with Crippen LogP contribution in [0.25, 0.3) is 5.70 Å². The van der Waals surface area contributed by atoms with Crippen molar-refractivity contribution < 1.29 is 4.74 Å². The van der Waals surface area contributed by atoms with E-state index >= 15 is 0 Å². The molecule has 0 heterocycles. The molecule has 0 aliphatic rings. The second-order valence-corrected chi connectivity index (χ2v) is 4.99. The zero-order valence-corrected chi connectivity index (χ0v) is 12.3. The molecule has 0 aliphatic heterocycles. The Morgan fingerprint density at radius 1 is 0.900 bits per heavy atom. The molecule has 2 rings (SSSR count). The number of ether oxygens (including phenoxy) is 1. The summed E-state index contributed by atoms with van der Waals surface area (Å²) < 4.78 is 5.84. The van der Waals surface area contributed by atoms with Gasteiger partial charge in [0.1, 0.15) is 12.4 Å². The van der Waals surface area contributed by atoms with Crippen LogP contribution in [-0.4, -0.2) is 25.6 Å². The highest BCUT2D eigenvalue weighted by atomic mass is 16.5. The first-order valence-electron chi connectivity index (χ1n) is 6.79. The molecule has 0 bridgehead atoms. The van der Waals surface area contributed by atoms with Crippen LogP contribution in [0.5, 0.6) is 5.75 Å². The van der Waals surface area contributed by atoms with E-state index in [1.807, 2.05) is 36.4 Å². The zero-order valence-electron chi connectivity index (χ0n) is 12.3. The Balaban J connectivity index is 2.18. The molecule has 2 aromatic carbocycles. The lowest BCUT2D eigenvalue weighted by Gasteiger charge is -2.21. The van der Waals surface area contributed by atoms with Crippen LogP contribution < -0.4 is 4.74 Å². The van der Waals surface area contributed by atoms with Crippen LogP contribution in [-0.2, 0) is 0 Å². The minimum atomic E-state index is 0.590. The zero-order chi connectivity index (χ0) is 14.4. The topological polar surface area (TPSA) is 12.5 Å². The Kier molecular flexibility index (Phi) is 4.83. The average molecular weight is 267 g/mol. The molecule has 0 radical (unpaired) electrons. The van der Waals surface area contributed by atoms with Gasteiger partial charge in [0.25, 0.3) is 0 Å². The summed E-state index contributed by atoms with van der Waals surface area (Å²) in [7, 11) is 4.13. The molecule has 0 aliphatic carbocycles. The third kappa shape index (κ3) is 3.64. The van der Waals surface area contributed by atoms with Crippen molar-refractivity contribution in [3.8, 4) is 5.75 Å². The standard InChI is InChI=1S/C18H21NO/c1-15(14-20-17-12-8-5-9-13-17)18(19(2)3)16-10-6-4-7-11-16/h4-13H,14H2,1-3H3. The van der Waals surface area contributed by atoms with Crippen molar-refractivity contribution in [1.29, 1.82) is 0 Å². The lowest BCUT2D eigenvalue weighted by atomic mass is 10.1. The van der Waals surface area contributed by atoms with Gasteiger partial charge < -0.3 is 9.64 Å². The summed E-state index contributed by atoms with van der Waals surface area (Å²) in [5.74, 6) is 0.901. The lowest BCUT2D eigenvalue weighted by molar-refractivity contribution is 0.350. The molecule has 0 unspecified atom stereocenters. The van der Waals surface area contributed by atoms with E-state index in [-0.39, 0.29) is 0 Å². The van der Waals surface area contributed by atoms with Crippen molar-refractivity contribution in [2.45, 2.75) is 6.92 Å². The quantitative estimate of drug-likeness (QED) is 0.810. The van der Waals surface area contributed by atoms with E-state index in [0.717, 1.165) is 5.75 Å². The summed E-state index contributed by atoms with van der Waals surface area (Å²) in [5, 5.41) is 0. The van der Waals surface area contributed by atoms with Gasteiger partial charge in [-0.05, 0) is 30.2 Å². The van der Waals surface area contributed by atoms with Crippen molar-refractivity contribution in [2.24, 2.45) is 0 Å². The average Bonchev–Trinajstić information content (AvgIpc) is 2.47. The first-order valence-corrected chi connectivity index (χ1v) is 6.79. The van der Waals surface area contributed by atoms with E-state index in [2.05, 4.69) is 50.2 Å². The summed E-state index contributed by atoms with van der Waals surface area (Å²) in [4.78, 5) is 2.14. The minimum absolute atomic E-state index is 0.590. The molecule has 0 aromatic heterocycles. The van der Waals surface area contributed by atoms with Crippen LogP contribution in [0.2, 0.25) is 0 Å². The van der Waals surface area contributed by atoms with Crippen LogP contribution in [0.15, 0.2) is 66.2 Å². The van der Waals surface area contributed by atoms with Crippen LogP contribution in [0, 0.1) is 0 Å². The summed E-state index contributed by atoms with van der Waals surface area (Å²) >= 11 is 0. The molecular formula is C18H21NO. The summed E-state index contributed by atoms with van der Waals surface area (Å²) in [6.07, 6.45) is 0. The predicted octanol–water partition coefficient (Wildman–Crippen LogP) is 4.06. The van der Waals surface area contributed by atoms with Crippen molar-refractivity contribution in [2.75, 3.05) is 20.7 Å². The largest absolute Gasteiger partial charge is 0.489 e. The van der Waals surface area contributed by atoms with Gasteiger partial charge in [0.2, 0.25) is 0 Å². The first-order chi connectivity index (χ1) is 9.68. The van der Waals surface area contributed by atoms with Crippen LogP contribution >= 0.6 is 0 Å². The molecule has 0 saturated heterocycles. The molecule has 0 spiro atoms.